The van der Waals surface area contributed by atoms with Crippen LogP contribution in [0.5, 0.6) is 5.88 Å². The SMILES string of the molecule is CC(C)Oc1cncc(N2CCC(C(=O)N3CCC[C@H](C)C3)CC2)n1. The summed E-state index contributed by atoms with van der Waals surface area (Å²) in [5.41, 5.74) is 0. The van der Waals surface area contributed by atoms with Gasteiger partial charge in [0, 0.05) is 32.1 Å². The van der Waals surface area contributed by atoms with E-state index in [1.165, 1.54) is 6.42 Å². The van der Waals surface area contributed by atoms with Crippen LogP contribution in [0.25, 0.3) is 0 Å². The molecule has 1 atom stereocenters. The minimum Gasteiger partial charge on any atom is -0.474 e. The number of carbonyl (C=O) groups is 1. The van der Waals surface area contributed by atoms with Gasteiger partial charge in [0.05, 0.1) is 18.5 Å². The van der Waals surface area contributed by atoms with Crippen molar-refractivity contribution in [2.24, 2.45) is 11.8 Å². The van der Waals surface area contributed by atoms with Crippen molar-refractivity contribution in [3.8, 4) is 5.88 Å². The van der Waals surface area contributed by atoms with Gasteiger partial charge in [-0.2, -0.15) is 4.98 Å². The standard InChI is InChI=1S/C19H30N4O2/c1-14(2)25-18-12-20-11-17(21-18)22-9-6-16(7-10-22)19(24)23-8-4-5-15(3)13-23/h11-12,14-16H,4-10,13H2,1-3H3/t15-/m0/s1. The molecule has 2 fully saturated rings. The molecule has 0 radical (unpaired) electrons. The van der Waals surface area contributed by atoms with Gasteiger partial charge in [-0.05, 0) is 45.4 Å². The fraction of sp³-hybridized carbons (Fsp3) is 0.737. The van der Waals surface area contributed by atoms with Gasteiger partial charge in [0.1, 0.15) is 0 Å². The van der Waals surface area contributed by atoms with Crippen LogP contribution in [0.2, 0.25) is 0 Å². The van der Waals surface area contributed by atoms with E-state index in [2.05, 4.69) is 26.7 Å². The lowest BCUT2D eigenvalue weighted by Crippen LogP contribution is -2.46. The van der Waals surface area contributed by atoms with Crippen molar-refractivity contribution in [1.82, 2.24) is 14.9 Å². The third-order valence-electron chi connectivity index (χ3n) is 5.09. The Morgan fingerprint density at radius 2 is 1.96 bits per heavy atom. The van der Waals surface area contributed by atoms with Crippen molar-refractivity contribution >= 4 is 11.7 Å². The summed E-state index contributed by atoms with van der Waals surface area (Å²) in [6.45, 7) is 9.76. The number of hydrogen-bond acceptors (Lipinski definition) is 5. The number of rotatable bonds is 4. The van der Waals surface area contributed by atoms with Gasteiger partial charge >= 0.3 is 0 Å². The Kier molecular flexibility index (Phi) is 5.76. The number of nitrogens with zero attached hydrogens (tertiary/aromatic N) is 4. The Balaban J connectivity index is 1.55. The monoisotopic (exact) mass is 346 g/mol. The second kappa shape index (κ2) is 8.02. The van der Waals surface area contributed by atoms with Gasteiger partial charge in [-0.15, -0.1) is 0 Å². The van der Waals surface area contributed by atoms with Gasteiger partial charge < -0.3 is 14.5 Å². The first-order valence-corrected chi connectivity index (χ1v) is 9.55. The molecule has 0 saturated carbocycles. The molecule has 25 heavy (non-hydrogen) atoms. The first-order chi connectivity index (χ1) is 12.0. The highest BCUT2D eigenvalue weighted by Crippen LogP contribution is 2.26. The molecule has 0 bridgehead atoms. The molecule has 138 valence electrons. The largest absolute Gasteiger partial charge is 0.474 e. The molecule has 3 heterocycles. The van der Waals surface area contributed by atoms with Crippen LogP contribution in [0, 0.1) is 11.8 Å². The van der Waals surface area contributed by atoms with Crippen LogP contribution >= 0.6 is 0 Å². The maximum absolute atomic E-state index is 12.8. The Labute approximate surface area is 150 Å². The van der Waals surface area contributed by atoms with E-state index in [-0.39, 0.29) is 12.0 Å². The maximum Gasteiger partial charge on any atom is 0.234 e. The molecule has 1 aromatic heterocycles. The predicted molar refractivity (Wildman–Crippen MR) is 97.7 cm³/mol. The molecule has 0 unspecified atom stereocenters. The second-order valence-corrected chi connectivity index (χ2v) is 7.68. The third-order valence-corrected chi connectivity index (χ3v) is 5.09. The van der Waals surface area contributed by atoms with E-state index in [1.54, 1.807) is 12.4 Å². The van der Waals surface area contributed by atoms with Crippen molar-refractivity contribution in [2.75, 3.05) is 31.1 Å². The van der Waals surface area contributed by atoms with Crippen molar-refractivity contribution in [2.45, 2.75) is 52.6 Å². The molecule has 2 aliphatic heterocycles. The van der Waals surface area contributed by atoms with E-state index in [0.29, 0.717) is 17.7 Å². The molecule has 0 spiro atoms. The van der Waals surface area contributed by atoms with Crippen LogP contribution in [0.1, 0.15) is 46.5 Å². The van der Waals surface area contributed by atoms with Gasteiger partial charge in [0.15, 0.2) is 5.82 Å². The van der Waals surface area contributed by atoms with E-state index in [9.17, 15) is 4.79 Å². The molecule has 3 rings (SSSR count). The highest BCUT2D eigenvalue weighted by atomic mass is 16.5. The van der Waals surface area contributed by atoms with Gasteiger partial charge in [-0.25, -0.2) is 0 Å². The second-order valence-electron chi connectivity index (χ2n) is 7.68. The minimum absolute atomic E-state index is 0.0832. The summed E-state index contributed by atoms with van der Waals surface area (Å²) in [6.07, 6.45) is 7.68. The normalized spacial score (nSPS) is 22.3. The van der Waals surface area contributed by atoms with E-state index >= 15 is 0 Å². The van der Waals surface area contributed by atoms with Gasteiger partial charge in [0.25, 0.3) is 0 Å². The molecule has 0 aliphatic carbocycles. The zero-order valence-corrected chi connectivity index (χ0v) is 15.6. The summed E-state index contributed by atoms with van der Waals surface area (Å²) in [5.74, 6) is 2.55. The maximum atomic E-state index is 12.8. The summed E-state index contributed by atoms with van der Waals surface area (Å²) in [7, 11) is 0. The van der Waals surface area contributed by atoms with Crippen LogP contribution in [-0.4, -0.2) is 53.1 Å². The fourth-order valence-electron chi connectivity index (χ4n) is 3.79. The summed E-state index contributed by atoms with van der Waals surface area (Å²) >= 11 is 0. The van der Waals surface area contributed by atoms with Crippen LogP contribution in [0.3, 0.4) is 0 Å². The Bertz CT molecular complexity index is 585. The summed E-state index contributed by atoms with van der Waals surface area (Å²) in [4.78, 5) is 25.9. The number of carbonyl (C=O) groups excluding carboxylic acids is 1. The van der Waals surface area contributed by atoms with Crippen LogP contribution in [0.15, 0.2) is 12.4 Å². The highest BCUT2D eigenvalue weighted by molar-refractivity contribution is 5.79. The zero-order valence-electron chi connectivity index (χ0n) is 15.6. The van der Waals surface area contributed by atoms with E-state index < -0.39 is 0 Å². The van der Waals surface area contributed by atoms with Gasteiger partial charge in [-0.3, -0.25) is 9.78 Å². The number of aromatic nitrogens is 2. The zero-order chi connectivity index (χ0) is 17.8. The van der Waals surface area contributed by atoms with Crippen LogP contribution < -0.4 is 9.64 Å². The smallest absolute Gasteiger partial charge is 0.234 e. The number of piperidine rings is 2. The molecule has 2 saturated heterocycles. The molecule has 1 amide bonds. The lowest BCUT2D eigenvalue weighted by Gasteiger charge is -2.37. The predicted octanol–water partition coefficient (Wildman–Crippen LogP) is 2.74. The highest BCUT2D eigenvalue weighted by Gasteiger charge is 2.31. The number of amides is 1. The van der Waals surface area contributed by atoms with Crippen LogP contribution in [-0.2, 0) is 4.79 Å². The third kappa shape index (κ3) is 4.61. The van der Waals surface area contributed by atoms with E-state index in [0.717, 1.165) is 51.3 Å². The topological polar surface area (TPSA) is 58.6 Å². The average molecular weight is 346 g/mol. The van der Waals surface area contributed by atoms with Crippen LogP contribution in [0.4, 0.5) is 5.82 Å². The fourth-order valence-corrected chi connectivity index (χ4v) is 3.79. The first-order valence-electron chi connectivity index (χ1n) is 9.55. The number of hydrogen-bond donors (Lipinski definition) is 0. The quantitative estimate of drug-likeness (QED) is 0.839. The molecular weight excluding hydrogens is 316 g/mol. The lowest BCUT2D eigenvalue weighted by molar-refractivity contribution is -0.137. The number of likely N-dealkylation sites (tertiary alicyclic amines) is 1. The Morgan fingerprint density at radius 1 is 1.20 bits per heavy atom. The van der Waals surface area contributed by atoms with Crippen molar-refractivity contribution in [1.29, 1.82) is 0 Å². The molecule has 1 aromatic rings. The molecule has 6 heteroatoms. The Morgan fingerprint density at radius 3 is 2.64 bits per heavy atom. The number of ether oxygens (including phenoxy) is 1. The molecule has 0 aromatic carbocycles. The van der Waals surface area contributed by atoms with Crippen molar-refractivity contribution in [3.05, 3.63) is 12.4 Å². The van der Waals surface area contributed by atoms with Crippen molar-refractivity contribution in [3.63, 3.8) is 0 Å². The summed E-state index contributed by atoms with van der Waals surface area (Å²) in [6, 6.07) is 0. The molecule has 6 nitrogen and oxygen atoms in total. The average Bonchev–Trinajstić information content (AvgIpc) is 2.61. The number of anilines is 1. The van der Waals surface area contributed by atoms with Gasteiger partial charge in [0.2, 0.25) is 11.8 Å². The molecule has 2 aliphatic rings. The Hall–Kier alpha value is -1.85. The first kappa shape index (κ1) is 18.0. The van der Waals surface area contributed by atoms with E-state index in [1.807, 2.05) is 13.8 Å². The summed E-state index contributed by atoms with van der Waals surface area (Å²) in [5, 5.41) is 0. The minimum atomic E-state index is 0.0832. The van der Waals surface area contributed by atoms with Crippen molar-refractivity contribution < 1.29 is 9.53 Å². The summed E-state index contributed by atoms with van der Waals surface area (Å²) < 4.78 is 5.63. The van der Waals surface area contributed by atoms with Gasteiger partial charge in [-0.1, -0.05) is 6.92 Å². The lowest BCUT2D eigenvalue weighted by atomic mass is 9.93. The molecular formula is C19H30N4O2. The van der Waals surface area contributed by atoms with E-state index in [4.69, 9.17) is 4.74 Å². The molecule has 0 N–H and O–H groups in total.